The number of aromatic nitrogens is 4. The van der Waals surface area contributed by atoms with Crippen LogP contribution >= 0.6 is 24.0 Å². The molecule has 0 amide bonds. The second-order valence-corrected chi connectivity index (χ2v) is 6.42. The predicted octanol–water partition coefficient (Wildman–Crippen LogP) is 2.51. The van der Waals surface area contributed by atoms with E-state index in [0.29, 0.717) is 15.1 Å². The Morgan fingerprint density at radius 1 is 1.22 bits per heavy atom. The highest BCUT2D eigenvalue weighted by atomic mass is 32.2. The van der Waals surface area contributed by atoms with Crippen molar-refractivity contribution in [1.82, 2.24) is 24.8 Å². The van der Waals surface area contributed by atoms with E-state index in [1.54, 1.807) is 13.4 Å². The molecule has 0 aliphatic heterocycles. The zero-order valence-electron chi connectivity index (χ0n) is 12.8. The van der Waals surface area contributed by atoms with E-state index in [2.05, 4.69) is 37.7 Å². The van der Waals surface area contributed by atoms with Crippen LogP contribution in [0.4, 0.5) is 5.82 Å². The highest BCUT2D eigenvalue weighted by Gasteiger charge is 2.14. The van der Waals surface area contributed by atoms with E-state index in [0.717, 1.165) is 17.9 Å². The number of nitrogens with one attached hydrogen (secondary N) is 2. The average Bonchev–Trinajstić information content (AvgIpc) is 2.98. The molecule has 0 radical (unpaired) electrons. The van der Waals surface area contributed by atoms with E-state index in [1.165, 1.54) is 17.3 Å². The Morgan fingerprint density at radius 3 is 2.70 bits per heavy atom. The number of anilines is 1. The minimum atomic E-state index is 0.575. The number of hydrogen-bond donors (Lipinski definition) is 2. The molecule has 1 aromatic carbocycles. The molecule has 0 spiro atoms. The minimum Gasteiger partial charge on any atom is -0.374 e. The second-order valence-electron chi connectivity index (χ2n) is 4.77. The summed E-state index contributed by atoms with van der Waals surface area (Å²) in [7, 11) is 3.62. The molecule has 2 heterocycles. The van der Waals surface area contributed by atoms with Crippen LogP contribution in [-0.4, -0.2) is 37.9 Å². The number of imidazole rings is 1. The molecule has 0 saturated heterocycles. The van der Waals surface area contributed by atoms with Gasteiger partial charge in [-0.1, -0.05) is 42.5 Å². The van der Waals surface area contributed by atoms with Crippen LogP contribution in [0.25, 0.3) is 11.2 Å². The van der Waals surface area contributed by atoms with E-state index >= 15 is 0 Å². The third-order valence-electron chi connectivity index (χ3n) is 3.27. The van der Waals surface area contributed by atoms with Crippen molar-refractivity contribution in [2.45, 2.75) is 11.7 Å². The van der Waals surface area contributed by atoms with Crippen molar-refractivity contribution in [3.63, 3.8) is 0 Å². The van der Waals surface area contributed by atoms with Crippen molar-refractivity contribution in [3.8, 4) is 0 Å². The third-order valence-corrected chi connectivity index (χ3v) is 4.48. The molecule has 0 aliphatic carbocycles. The fraction of sp³-hybridized carbons (Fsp3) is 0.200. The number of thioether (sulfide) groups is 1. The smallest absolute Gasteiger partial charge is 0.198 e. The Balaban J connectivity index is 2.00. The van der Waals surface area contributed by atoms with Crippen LogP contribution in [0.3, 0.4) is 0 Å². The molecule has 0 saturated carbocycles. The first-order valence-electron chi connectivity index (χ1n) is 7.05. The molecule has 0 unspecified atom stereocenters. The van der Waals surface area contributed by atoms with E-state index < -0.39 is 0 Å². The van der Waals surface area contributed by atoms with Gasteiger partial charge < -0.3 is 15.2 Å². The third kappa shape index (κ3) is 3.43. The number of fused-ring (bicyclic) bond motifs is 1. The molecule has 0 atom stereocenters. The molecule has 3 aromatic rings. The summed E-state index contributed by atoms with van der Waals surface area (Å²) in [6.07, 6.45) is 1.79. The van der Waals surface area contributed by atoms with Gasteiger partial charge in [0.1, 0.15) is 9.84 Å². The Bertz CT molecular complexity index is 831. The summed E-state index contributed by atoms with van der Waals surface area (Å²) >= 11 is 6.47. The van der Waals surface area contributed by atoms with Crippen LogP contribution in [0.2, 0.25) is 0 Å². The van der Waals surface area contributed by atoms with Gasteiger partial charge in [-0.15, -0.1) is 0 Å². The Morgan fingerprint density at radius 2 is 2.00 bits per heavy atom. The highest BCUT2D eigenvalue weighted by Crippen LogP contribution is 2.24. The maximum atomic E-state index is 5.16. The van der Waals surface area contributed by atoms with Crippen molar-refractivity contribution in [2.24, 2.45) is 0 Å². The average molecular weight is 344 g/mol. The highest BCUT2D eigenvalue weighted by molar-refractivity contribution is 8.22. The van der Waals surface area contributed by atoms with Gasteiger partial charge in [-0.3, -0.25) is 0 Å². The zero-order chi connectivity index (χ0) is 16.2. The zero-order valence-corrected chi connectivity index (χ0v) is 14.4. The van der Waals surface area contributed by atoms with Gasteiger partial charge in [-0.2, -0.15) is 0 Å². The van der Waals surface area contributed by atoms with Gasteiger partial charge in [0, 0.05) is 20.6 Å². The Labute approximate surface area is 143 Å². The van der Waals surface area contributed by atoms with E-state index in [-0.39, 0.29) is 0 Å². The molecule has 3 rings (SSSR count). The Kier molecular flexibility index (Phi) is 4.73. The molecule has 2 aromatic heterocycles. The van der Waals surface area contributed by atoms with Gasteiger partial charge in [0.2, 0.25) is 0 Å². The van der Waals surface area contributed by atoms with Crippen molar-refractivity contribution < 1.29 is 0 Å². The summed E-state index contributed by atoms with van der Waals surface area (Å²) < 4.78 is 2.66. The summed E-state index contributed by atoms with van der Waals surface area (Å²) in [6.45, 7) is 0.719. The molecular formula is C15H16N6S2. The molecule has 23 heavy (non-hydrogen) atoms. The lowest BCUT2D eigenvalue weighted by Crippen LogP contribution is -2.12. The molecule has 6 nitrogen and oxygen atoms in total. The summed E-state index contributed by atoms with van der Waals surface area (Å²) in [4.78, 5) is 13.4. The first-order chi connectivity index (χ1) is 11.2. The first kappa shape index (κ1) is 15.7. The molecule has 0 bridgehead atoms. The standard InChI is InChI=1S/C15H16N6S2/c1-16-12-11-13(20-14(19-12)23-15(22)17-2)18-9-21(11)8-10-6-4-3-5-7-10/h3-7,9H,8H2,1-2H3,(H,17,22)(H,16,19,20). The minimum absolute atomic E-state index is 0.575. The molecule has 118 valence electrons. The maximum absolute atomic E-state index is 5.16. The van der Waals surface area contributed by atoms with Crippen molar-refractivity contribution in [2.75, 3.05) is 19.4 Å². The van der Waals surface area contributed by atoms with Gasteiger partial charge in [0.05, 0.1) is 6.33 Å². The first-order valence-corrected chi connectivity index (χ1v) is 8.28. The monoisotopic (exact) mass is 344 g/mol. The van der Waals surface area contributed by atoms with Gasteiger partial charge in [0.25, 0.3) is 0 Å². The molecular weight excluding hydrogens is 328 g/mol. The summed E-state index contributed by atoms with van der Waals surface area (Å²) in [5, 5.41) is 6.61. The largest absolute Gasteiger partial charge is 0.374 e. The lowest BCUT2D eigenvalue weighted by Gasteiger charge is -2.09. The lowest BCUT2D eigenvalue weighted by atomic mass is 10.2. The number of hydrogen-bond acceptors (Lipinski definition) is 6. The maximum Gasteiger partial charge on any atom is 0.198 e. The SMILES string of the molecule is CNC(=S)Sc1nc(NC)c2c(ncn2Cc2ccccc2)n1. The van der Waals surface area contributed by atoms with Crippen molar-refractivity contribution >= 4 is 45.3 Å². The normalized spacial score (nSPS) is 10.7. The number of nitrogens with zero attached hydrogens (tertiary/aromatic N) is 4. The fourth-order valence-corrected chi connectivity index (χ4v) is 2.97. The van der Waals surface area contributed by atoms with E-state index in [9.17, 15) is 0 Å². The van der Waals surface area contributed by atoms with Crippen LogP contribution in [0.15, 0.2) is 41.8 Å². The molecule has 2 N–H and O–H groups in total. The second kappa shape index (κ2) is 6.93. The van der Waals surface area contributed by atoms with Gasteiger partial charge in [-0.25, -0.2) is 15.0 Å². The Hall–Kier alpha value is -2.19. The number of thiocarbonyl (C=S) groups is 1. The van der Waals surface area contributed by atoms with Gasteiger partial charge in [0.15, 0.2) is 16.6 Å². The van der Waals surface area contributed by atoms with E-state index in [4.69, 9.17) is 12.2 Å². The van der Waals surface area contributed by atoms with E-state index in [1.807, 2.05) is 29.8 Å². The lowest BCUT2D eigenvalue weighted by molar-refractivity contribution is 0.822. The van der Waals surface area contributed by atoms with Gasteiger partial charge >= 0.3 is 0 Å². The quantitative estimate of drug-likeness (QED) is 0.428. The van der Waals surface area contributed by atoms with Gasteiger partial charge in [-0.05, 0) is 17.3 Å². The predicted molar refractivity (Wildman–Crippen MR) is 97.9 cm³/mol. The van der Waals surface area contributed by atoms with Crippen LogP contribution in [0, 0.1) is 0 Å². The van der Waals surface area contributed by atoms with Crippen LogP contribution in [0.5, 0.6) is 0 Å². The number of benzene rings is 1. The summed E-state index contributed by atoms with van der Waals surface area (Å²) in [5.74, 6) is 0.741. The molecule has 8 heteroatoms. The van der Waals surface area contributed by atoms with Crippen LogP contribution in [0.1, 0.15) is 5.56 Å². The fourth-order valence-electron chi connectivity index (χ4n) is 2.21. The summed E-state index contributed by atoms with van der Waals surface area (Å²) in [5.41, 5.74) is 2.74. The molecule has 0 fully saturated rings. The number of rotatable bonds is 4. The van der Waals surface area contributed by atoms with Crippen molar-refractivity contribution in [3.05, 3.63) is 42.2 Å². The van der Waals surface area contributed by atoms with Crippen molar-refractivity contribution in [1.29, 1.82) is 0 Å². The van der Waals surface area contributed by atoms with Crippen LogP contribution in [-0.2, 0) is 6.54 Å². The summed E-state index contributed by atoms with van der Waals surface area (Å²) in [6, 6.07) is 10.2. The molecule has 0 aliphatic rings. The topological polar surface area (TPSA) is 67.7 Å². The van der Waals surface area contributed by atoms with Crippen LogP contribution < -0.4 is 10.6 Å².